The number of halogens is 2. The highest BCUT2D eigenvalue weighted by atomic mass is 79.9. The van der Waals surface area contributed by atoms with E-state index in [-0.39, 0.29) is 10.2 Å². The van der Waals surface area contributed by atoms with Gasteiger partial charge in [-0.1, -0.05) is 6.92 Å². The van der Waals surface area contributed by atoms with Crippen molar-refractivity contribution in [1.82, 2.24) is 0 Å². The first-order chi connectivity index (χ1) is 6.06. The number of nitro groups is 1. The van der Waals surface area contributed by atoms with Gasteiger partial charge in [0.15, 0.2) is 0 Å². The fraction of sp³-hybridized carbons (Fsp3) is 0.250. The van der Waals surface area contributed by atoms with Gasteiger partial charge < -0.3 is 0 Å². The first kappa shape index (κ1) is 10.1. The van der Waals surface area contributed by atoms with Crippen LogP contribution in [0.5, 0.6) is 0 Å². The van der Waals surface area contributed by atoms with Crippen molar-refractivity contribution in [1.29, 1.82) is 0 Å². The van der Waals surface area contributed by atoms with Gasteiger partial charge >= 0.3 is 0 Å². The van der Waals surface area contributed by atoms with Gasteiger partial charge in [0.2, 0.25) is 0 Å². The third-order valence-electron chi connectivity index (χ3n) is 1.69. The molecule has 0 bridgehead atoms. The number of rotatable bonds is 2. The summed E-state index contributed by atoms with van der Waals surface area (Å²) >= 11 is 2.93. The number of hydrogen-bond acceptors (Lipinski definition) is 2. The lowest BCUT2D eigenvalue weighted by Crippen LogP contribution is -1.94. The lowest BCUT2D eigenvalue weighted by atomic mass is 10.1. The first-order valence-corrected chi connectivity index (χ1v) is 4.48. The van der Waals surface area contributed by atoms with E-state index in [1.54, 1.807) is 6.92 Å². The predicted octanol–water partition coefficient (Wildman–Crippen LogP) is 3.06. The van der Waals surface area contributed by atoms with E-state index in [1.165, 1.54) is 6.07 Å². The average Bonchev–Trinajstić information content (AvgIpc) is 2.03. The average molecular weight is 248 g/mol. The highest BCUT2D eigenvalue weighted by molar-refractivity contribution is 9.10. The van der Waals surface area contributed by atoms with Crippen molar-refractivity contribution in [2.45, 2.75) is 13.3 Å². The smallest absolute Gasteiger partial charge is 0.258 e. The SMILES string of the molecule is CCc1cc([N+](=O)[O-])c(Br)cc1F. The highest BCUT2D eigenvalue weighted by Crippen LogP contribution is 2.27. The van der Waals surface area contributed by atoms with Crippen LogP contribution >= 0.6 is 15.9 Å². The summed E-state index contributed by atoms with van der Waals surface area (Å²) in [7, 11) is 0. The minimum atomic E-state index is -0.539. The Hall–Kier alpha value is -0.970. The molecule has 0 unspecified atom stereocenters. The van der Waals surface area contributed by atoms with Crippen LogP contribution in [0.1, 0.15) is 12.5 Å². The Labute approximate surface area is 82.8 Å². The van der Waals surface area contributed by atoms with Crippen LogP contribution in [0.3, 0.4) is 0 Å². The Morgan fingerprint density at radius 2 is 2.23 bits per heavy atom. The Bertz CT molecular complexity index is 354. The molecule has 0 saturated heterocycles. The fourth-order valence-corrected chi connectivity index (χ4v) is 1.45. The highest BCUT2D eigenvalue weighted by Gasteiger charge is 2.15. The van der Waals surface area contributed by atoms with Gasteiger partial charge in [0.1, 0.15) is 5.82 Å². The van der Waals surface area contributed by atoms with E-state index in [9.17, 15) is 14.5 Å². The Morgan fingerprint density at radius 1 is 1.62 bits per heavy atom. The third kappa shape index (κ3) is 2.03. The summed E-state index contributed by atoms with van der Waals surface area (Å²) in [6.45, 7) is 1.75. The van der Waals surface area contributed by atoms with Crippen molar-refractivity contribution in [3.05, 3.63) is 38.1 Å². The molecule has 0 saturated carbocycles. The summed E-state index contributed by atoms with van der Waals surface area (Å²) in [5.74, 6) is -0.417. The van der Waals surface area contributed by atoms with Crippen LogP contribution in [-0.2, 0) is 6.42 Å². The van der Waals surface area contributed by atoms with Crippen molar-refractivity contribution in [2.75, 3.05) is 0 Å². The number of hydrogen-bond donors (Lipinski definition) is 0. The molecule has 0 amide bonds. The van der Waals surface area contributed by atoms with Gasteiger partial charge in [-0.15, -0.1) is 0 Å². The number of benzene rings is 1. The maximum absolute atomic E-state index is 13.0. The summed E-state index contributed by atoms with van der Waals surface area (Å²) in [4.78, 5) is 9.92. The number of aryl methyl sites for hydroxylation is 1. The van der Waals surface area contributed by atoms with Crippen LogP contribution in [0.4, 0.5) is 10.1 Å². The van der Waals surface area contributed by atoms with Crippen LogP contribution < -0.4 is 0 Å². The summed E-state index contributed by atoms with van der Waals surface area (Å²) in [6, 6.07) is 2.37. The molecule has 1 rings (SSSR count). The second kappa shape index (κ2) is 3.83. The molecule has 0 fully saturated rings. The number of nitrogens with zero attached hydrogens (tertiary/aromatic N) is 1. The standard InChI is InChI=1S/C8H7BrFNO2/c1-2-5-3-8(11(12)13)6(9)4-7(5)10/h3-4H,2H2,1H3. The molecule has 3 nitrogen and oxygen atoms in total. The zero-order valence-corrected chi connectivity index (χ0v) is 8.47. The zero-order chi connectivity index (χ0) is 10.0. The second-order valence-corrected chi connectivity index (χ2v) is 3.36. The van der Waals surface area contributed by atoms with Gasteiger partial charge in [0.05, 0.1) is 9.40 Å². The van der Waals surface area contributed by atoms with Gasteiger partial charge in [-0.2, -0.15) is 0 Å². The summed E-state index contributed by atoms with van der Waals surface area (Å²) in [5.41, 5.74) is 0.258. The van der Waals surface area contributed by atoms with Crippen molar-refractivity contribution >= 4 is 21.6 Å². The van der Waals surface area contributed by atoms with Crippen LogP contribution in [0.15, 0.2) is 16.6 Å². The van der Waals surface area contributed by atoms with Crippen molar-refractivity contribution < 1.29 is 9.31 Å². The quantitative estimate of drug-likeness (QED) is 0.596. The zero-order valence-electron chi connectivity index (χ0n) is 6.88. The van der Waals surface area contributed by atoms with E-state index in [0.717, 1.165) is 6.07 Å². The Morgan fingerprint density at radius 3 is 2.69 bits per heavy atom. The Balaban J connectivity index is 3.30. The second-order valence-electron chi connectivity index (χ2n) is 2.51. The van der Waals surface area contributed by atoms with Crippen LogP contribution in [0.2, 0.25) is 0 Å². The van der Waals surface area contributed by atoms with Crippen molar-refractivity contribution in [3.63, 3.8) is 0 Å². The third-order valence-corrected chi connectivity index (χ3v) is 2.33. The lowest BCUT2D eigenvalue weighted by Gasteiger charge is -2.00. The van der Waals surface area contributed by atoms with Gasteiger partial charge in [-0.05, 0) is 34.0 Å². The summed E-state index contributed by atoms with van der Waals surface area (Å²) in [5, 5.41) is 10.5. The van der Waals surface area contributed by atoms with E-state index < -0.39 is 10.7 Å². The molecule has 0 radical (unpaired) electrons. The molecule has 70 valence electrons. The van der Waals surface area contributed by atoms with E-state index >= 15 is 0 Å². The van der Waals surface area contributed by atoms with Gasteiger partial charge in [-0.3, -0.25) is 10.1 Å². The van der Waals surface area contributed by atoms with E-state index in [4.69, 9.17) is 0 Å². The molecule has 0 atom stereocenters. The van der Waals surface area contributed by atoms with Gasteiger partial charge in [0, 0.05) is 6.07 Å². The van der Waals surface area contributed by atoms with Crippen molar-refractivity contribution in [2.24, 2.45) is 0 Å². The minimum absolute atomic E-state index is 0.0988. The summed E-state index contributed by atoms with van der Waals surface area (Å²) < 4.78 is 13.2. The molecule has 0 heterocycles. The van der Waals surface area contributed by atoms with E-state index in [2.05, 4.69) is 15.9 Å². The maximum Gasteiger partial charge on any atom is 0.283 e. The number of nitro benzene ring substituents is 1. The monoisotopic (exact) mass is 247 g/mol. The van der Waals surface area contributed by atoms with E-state index in [0.29, 0.717) is 12.0 Å². The molecule has 1 aromatic carbocycles. The molecule has 0 aliphatic rings. The van der Waals surface area contributed by atoms with Crippen LogP contribution in [-0.4, -0.2) is 4.92 Å². The minimum Gasteiger partial charge on any atom is -0.258 e. The maximum atomic E-state index is 13.0. The Kier molecular flexibility index (Phi) is 2.98. The molecule has 5 heteroatoms. The summed E-state index contributed by atoms with van der Waals surface area (Å²) in [6.07, 6.45) is 0.444. The molecule has 13 heavy (non-hydrogen) atoms. The van der Waals surface area contributed by atoms with Crippen molar-refractivity contribution in [3.8, 4) is 0 Å². The first-order valence-electron chi connectivity index (χ1n) is 3.68. The normalized spacial score (nSPS) is 10.1. The molecule has 0 aromatic heterocycles. The fourth-order valence-electron chi connectivity index (χ4n) is 0.992. The molecule has 0 aliphatic carbocycles. The lowest BCUT2D eigenvalue weighted by molar-refractivity contribution is -0.385. The van der Waals surface area contributed by atoms with Crippen LogP contribution in [0, 0.1) is 15.9 Å². The molecular weight excluding hydrogens is 241 g/mol. The van der Waals surface area contributed by atoms with Gasteiger partial charge in [0.25, 0.3) is 5.69 Å². The molecule has 0 aliphatic heterocycles. The molecule has 0 spiro atoms. The van der Waals surface area contributed by atoms with Gasteiger partial charge in [-0.25, -0.2) is 4.39 Å². The molecule has 1 aromatic rings. The topological polar surface area (TPSA) is 43.1 Å². The molecular formula is C8H7BrFNO2. The largest absolute Gasteiger partial charge is 0.283 e. The van der Waals surface area contributed by atoms with Crippen LogP contribution in [0.25, 0.3) is 0 Å². The predicted molar refractivity (Wildman–Crippen MR) is 50.1 cm³/mol. The molecule has 0 N–H and O–H groups in total. The van der Waals surface area contributed by atoms with E-state index in [1.807, 2.05) is 0 Å².